The van der Waals surface area contributed by atoms with Gasteiger partial charge in [-0.05, 0) is 54.5 Å². The van der Waals surface area contributed by atoms with Crippen molar-refractivity contribution in [3.05, 3.63) is 76.3 Å². The first-order valence-electron chi connectivity index (χ1n) is 14.6. The minimum atomic E-state index is -1.01. The van der Waals surface area contributed by atoms with Crippen molar-refractivity contribution >= 4 is 28.6 Å². The van der Waals surface area contributed by atoms with Crippen LogP contribution >= 0.6 is 11.6 Å². The Hall–Kier alpha value is -3.86. The fourth-order valence-electron chi connectivity index (χ4n) is 7.04. The third kappa shape index (κ3) is 4.42. The molecule has 0 spiro atoms. The molecule has 2 aromatic carbocycles. The highest BCUT2D eigenvalue weighted by Gasteiger charge is 2.58. The molecule has 5 heterocycles. The second kappa shape index (κ2) is 9.83. The van der Waals surface area contributed by atoms with Crippen molar-refractivity contribution in [2.45, 2.75) is 44.2 Å². The van der Waals surface area contributed by atoms with Gasteiger partial charge in [-0.15, -0.1) is 0 Å². The predicted octanol–water partition coefficient (Wildman–Crippen LogP) is 5.07. The molecule has 43 heavy (non-hydrogen) atoms. The molecule has 4 aliphatic rings. The van der Waals surface area contributed by atoms with E-state index in [0.29, 0.717) is 52.8 Å². The molecule has 2 saturated heterocycles. The topological polar surface area (TPSA) is 108 Å². The third-order valence-corrected chi connectivity index (χ3v) is 9.57. The van der Waals surface area contributed by atoms with Gasteiger partial charge >= 0.3 is 5.97 Å². The summed E-state index contributed by atoms with van der Waals surface area (Å²) in [6.07, 6.45) is 2.68. The number of aromatic carboxylic acids is 1. The Bertz CT molecular complexity index is 1740. The standard InChI is InChI=1S/C32H31ClN4O6/c1-32(26-7-6-18(33)12-34-26)42-24-5-3-4-20(30(24)43-32)28-21-14-36(15-22(21)28)16-27-35-29-23(37(27)13-19-8-9-41-19)10-17(31(38)39)11-25(29)40-2/h3-7,10-12,19,21-22,28H,8-9,13-16H2,1-2H3,(H,38,39)/t19?,21-,22+,28?,32?. The molecule has 3 fully saturated rings. The van der Waals surface area contributed by atoms with E-state index in [1.807, 2.05) is 25.1 Å². The molecule has 2 aromatic heterocycles. The van der Waals surface area contributed by atoms with E-state index < -0.39 is 11.8 Å². The number of fused-ring (bicyclic) bond motifs is 3. The fourth-order valence-corrected chi connectivity index (χ4v) is 7.15. The highest BCUT2D eigenvalue weighted by molar-refractivity contribution is 6.30. The van der Waals surface area contributed by atoms with Crippen LogP contribution < -0.4 is 14.2 Å². The number of halogens is 1. The number of nitrogens with zero attached hydrogens (tertiary/aromatic N) is 4. The maximum Gasteiger partial charge on any atom is 0.335 e. The lowest BCUT2D eigenvalue weighted by Gasteiger charge is -2.28. The molecule has 3 unspecified atom stereocenters. The maximum atomic E-state index is 11.8. The number of para-hydroxylation sites is 1. The fraction of sp³-hybridized carbons (Fsp3) is 0.406. The number of imidazole rings is 1. The number of pyridine rings is 1. The second-order valence-corrected chi connectivity index (χ2v) is 12.4. The van der Waals surface area contributed by atoms with Crippen LogP contribution in [-0.4, -0.2) is 63.4 Å². The summed E-state index contributed by atoms with van der Waals surface area (Å²) in [5.41, 5.74) is 3.48. The average Bonchev–Trinajstić information content (AvgIpc) is 3.25. The second-order valence-electron chi connectivity index (χ2n) is 12.0. The van der Waals surface area contributed by atoms with Gasteiger partial charge in [0.05, 0.1) is 42.4 Å². The van der Waals surface area contributed by atoms with Crippen molar-refractivity contribution in [2.75, 3.05) is 26.8 Å². The number of hydrogen-bond acceptors (Lipinski definition) is 8. The van der Waals surface area contributed by atoms with Crippen LogP contribution in [0.25, 0.3) is 11.0 Å². The largest absolute Gasteiger partial charge is 0.494 e. The molecule has 4 aromatic rings. The zero-order valence-electron chi connectivity index (χ0n) is 23.8. The number of rotatable bonds is 8. The van der Waals surface area contributed by atoms with Gasteiger partial charge < -0.3 is 28.6 Å². The van der Waals surface area contributed by atoms with Gasteiger partial charge in [-0.3, -0.25) is 9.88 Å². The summed E-state index contributed by atoms with van der Waals surface area (Å²) < 4.78 is 26.2. The van der Waals surface area contributed by atoms with E-state index in [4.69, 9.17) is 35.5 Å². The van der Waals surface area contributed by atoms with Crippen molar-refractivity contribution in [1.82, 2.24) is 19.4 Å². The number of benzene rings is 2. The summed E-state index contributed by atoms with van der Waals surface area (Å²) in [5.74, 6) is 2.32. The van der Waals surface area contributed by atoms with Crippen molar-refractivity contribution in [3.8, 4) is 17.2 Å². The van der Waals surface area contributed by atoms with E-state index in [0.717, 1.165) is 49.0 Å². The zero-order valence-corrected chi connectivity index (χ0v) is 24.6. The Labute approximate surface area is 253 Å². The molecular weight excluding hydrogens is 572 g/mol. The number of methoxy groups -OCH3 is 1. The Kier molecular flexibility index (Phi) is 6.12. The van der Waals surface area contributed by atoms with Gasteiger partial charge in [0.15, 0.2) is 11.5 Å². The number of carbonyl (C=O) groups is 1. The van der Waals surface area contributed by atoms with Gasteiger partial charge in [-0.1, -0.05) is 23.7 Å². The summed E-state index contributed by atoms with van der Waals surface area (Å²) in [4.78, 5) is 23.7. The highest BCUT2D eigenvalue weighted by atomic mass is 35.5. The minimum absolute atomic E-state index is 0.100. The molecule has 0 radical (unpaired) electrons. The van der Waals surface area contributed by atoms with Gasteiger partial charge in [-0.2, -0.15) is 0 Å². The molecule has 0 amide bonds. The molecule has 1 aliphatic carbocycles. The molecule has 0 bridgehead atoms. The summed E-state index contributed by atoms with van der Waals surface area (Å²) in [6, 6.07) is 13.0. The normalized spacial score (nSPS) is 27.2. The number of piperidine rings is 1. The lowest BCUT2D eigenvalue weighted by Crippen LogP contribution is -2.33. The number of carboxylic acid groups (broad SMARTS) is 1. The van der Waals surface area contributed by atoms with Gasteiger partial charge in [0.1, 0.15) is 22.8 Å². The molecule has 11 heteroatoms. The number of ether oxygens (including phenoxy) is 4. The molecule has 10 nitrogen and oxygen atoms in total. The third-order valence-electron chi connectivity index (χ3n) is 9.34. The first kappa shape index (κ1) is 26.7. The SMILES string of the molecule is COc1cc(C(=O)O)cc2c1nc(CN1C[C@@H]3C(c4cccc5c4OC(C)(c4ccc(Cl)cn4)O5)[C@@H]3C1)n2CC1CCO1. The Morgan fingerprint density at radius 2 is 2.00 bits per heavy atom. The van der Waals surface area contributed by atoms with E-state index in [2.05, 4.69) is 20.5 Å². The van der Waals surface area contributed by atoms with Crippen LogP contribution in [0.4, 0.5) is 0 Å². The molecule has 222 valence electrons. The van der Waals surface area contributed by atoms with Crippen molar-refractivity contribution < 1.29 is 28.8 Å². The monoisotopic (exact) mass is 602 g/mol. The lowest BCUT2D eigenvalue weighted by atomic mass is 10.0. The van der Waals surface area contributed by atoms with Crippen LogP contribution in [0.5, 0.6) is 17.2 Å². The molecule has 5 atom stereocenters. The Morgan fingerprint density at radius 3 is 2.67 bits per heavy atom. The average molecular weight is 603 g/mol. The minimum Gasteiger partial charge on any atom is -0.494 e. The van der Waals surface area contributed by atoms with Crippen molar-refractivity contribution in [2.24, 2.45) is 11.8 Å². The first-order valence-corrected chi connectivity index (χ1v) is 15.0. The zero-order chi connectivity index (χ0) is 29.5. The summed E-state index contributed by atoms with van der Waals surface area (Å²) >= 11 is 6.05. The Morgan fingerprint density at radius 1 is 1.19 bits per heavy atom. The van der Waals surface area contributed by atoms with E-state index in [9.17, 15) is 9.90 Å². The number of aromatic nitrogens is 3. The summed E-state index contributed by atoms with van der Waals surface area (Å²) in [5, 5.41) is 10.3. The molecular formula is C32H31ClN4O6. The molecule has 1 saturated carbocycles. The van der Waals surface area contributed by atoms with E-state index in [1.165, 1.54) is 5.56 Å². The maximum absolute atomic E-state index is 11.8. The van der Waals surface area contributed by atoms with Crippen LogP contribution in [0, 0.1) is 11.8 Å². The number of likely N-dealkylation sites (tertiary alicyclic amines) is 1. The Balaban J connectivity index is 1.02. The molecule has 1 N–H and O–H groups in total. The quantitative estimate of drug-likeness (QED) is 0.296. The van der Waals surface area contributed by atoms with Crippen LogP contribution in [-0.2, 0) is 23.6 Å². The van der Waals surface area contributed by atoms with E-state index >= 15 is 0 Å². The summed E-state index contributed by atoms with van der Waals surface area (Å²) in [7, 11) is 1.55. The number of carboxylic acids is 1. The first-order chi connectivity index (χ1) is 20.8. The van der Waals surface area contributed by atoms with Crippen LogP contribution in [0.3, 0.4) is 0 Å². The van der Waals surface area contributed by atoms with Crippen LogP contribution in [0.15, 0.2) is 48.7 Å². The summed E-state index contributed by atoms with van der Waals surface area (Å²) in [6.45, 7) is 5.82. The van der Waals surface area contributed by atoms with Gasteiger partial charge in [0.25, 0.3) is 5.79 Å². The lowest BCUT2D eigenvalue weighted by molar-refractivity contribution is -0.0721. The van der Waals surface area contributed by atoms with Crippen molar-refractivity contribution in [3.63, 3.8) is 0 Å². The van der Waals surface area contributed by atoms with Crippen LogP contribution in [0.2, 0.25) is 5.02 Å². The van der Waals surface area contributed by atoms with Crippen LogP contribution in [0.1, 0.15) is 46.7 Å². The van der Waals surface area contributed by atoms with E-state index in [1.54, 1.807) is 31.5 Å². The van der Waals surface area contributed by atoms with Gasteiger partial charge in [0.2, 0.25) is 0 Å². The molecule has 8 rings (SSSR count). The number of hydrogen-bond donors (Lipinski definition) is 1. The smallest absolute Gasteiger partial charge is 0.335 e. The highest BCUT2D eigenvalue weighted by Crippen LogP contribution is 2.62. The molecule has 3 aliphatic heterocycles. The predicted molar refractivity (Wildman–Crippen MR) is 157 cm³/mol. The van der Waals surface area contributed by atoms with Gasteiger partial charge in [0, 0.05) is 38.4 Å². The van der Waals surface area contributed by atoms with Gasteiger partial charge in [-0.25, -0.2) is 9.78 Å². The van der Waals surface area contributed by atoms with E-state index in [-0.39, 0.29) is 11.7 Å². The van der Waals surface area contributed by atoms with Crippen molar-refractivity contribution in [1.29, 1.82) is 0 Å².